The number of aryl methyl sites for hydroxylation is 2. The van der Waals surface area contributed by atoms with Crippen LogP contribution in [0.25, 0.3) is 0 Å². The molecule has 0 saturated heterocycles. The van der Waals surface area contributed by atoms with Crippen LogP contribution in [0, 0.1) is 19.7 Å². The topological polar surface area (TPSA) is 12.0 Å². The van der Waals surface area contributed by atoms with Crippen molar-refractivity contribution in [1.29, 1.82) is 0 Å². The summed E-state index contributed by atoms with van der Waals surface area (Å²) in [6, 6.07) is 10.2. The van der Waals surface area contributed by atoms with Crippen molar-refractivity contribution in [2.75, 3.05) is 0 Å². The third kappa shape index (κ3) is 4.15. The van der Waals surface area contributed by atoms with Gasteiger partial charge in [-0.25, -0.2) is 4.39 Å². The van der Waals surface area contributed by atoms with E-state index in [1.807, 2.05) is 24.3 Å². The third-order valence-corrected chi connectivity index (χ3v) is 4.72. The Kier molecular flexibility index (Phi) is 5.58. The normalized spacial score (nSPS) is 12.5. The number of hydrogen-bond acceptors (Lipinski definition) is 1. The van der Waals surface area contributed by atoms with Crippen LogP contribution >= 0.6 is 31.9 Å². The Morgan fingerprint density at radius 1 is 1.10 bits per heavy atom. The lowest BCUT2D eigenvalue weighted by molar-refractivity contribution is 0.568. The summed E-state index contributed by atoms with van der Waals surface area (Å²) in [6.45, 7) is 6.45. The lowest BCUT2D eigenvalue weighted by Gasteiger charge is -2.17. The van der Waals surface area contributed by atoms with Gasteiger partial charge < -0.3 is 5.32 Å². The Hall–Kier alpha value is -0.710. The van der Waals surface area contributed by atoms with Crippen molar-refractivity contribution in [1.82, 2.24) is 5.32 Å². The molecule has 1 unspecified atom stereocenters. The molecule has 2 aromatic carbocycles. The first-order chi connectivity index (χ1) is 9.88. The molecule has 2 aromatic rings. The highest BCUT2D eigenvalue weighted by Gasteiger charge is 2.10. The first-order valence-electron chi connectivity index (χ1n) is 6.82. The SMILES string of the molecule is Cc1cc(CNC(C)c2ccc(Br)cc2Br)cc(C)c1F. The first-order valence-corrected chi connectivity index (χ1v) is 8.41. The van der Waals surface area contributed by atoms with Crippen LogP contribution in [-0.4, -0.2) is 0 Å². The van der Waals surface area contributed by atoms with E-state index in [1.54, 1.807) is 13.8 Å². The summed E-state index contributed by atoms with van der Waals surface area (Å²) in [4.78, 5) is 0. The van der Waals surface area contributed by atoms with Crippen LogP contribution in [0.3, 0.4) is 0 Å². The van der Waals surface area contributed by atoms with Crippen molar-refractivity contribution in [3.63, 3.8) is 0 Å². The fourth-order valence-corrected chi connectivity index (χ4v) is 3.76. The van der Waals surface area contributed by atoms with Gasteiger partial charge in [-0.1, -0.05) is 50.1 Å². The number of halogens is 3. The third-order valence-electron chi connectivity index (χ3n) is 3.54. The molecule has 0 aliphatic rings. The molecule has 0 fully saturated rings. The van der Waals surface area contributed by atoms with Gasteiger partial charge in [0.05, 0.1) is 0 Å². The minimum Gasteiger partial charge on any atom is -0.306 e. The molecule has 4 heteroatoms. The number of benzene rings is 2. The van der Waals surface area contributed by atoms with Crippen molar-refractivity contribution in [3.05, 3.63) is 67.3 Å². The molecule has 21 heavy (non-hydrogen) atoms. The van der Waals surface area contributed by atoms with E-state index in [-0.39, 0.29) is 11.9 Å². The molecule has 0 aliphatic carbocycles. The monoisotopic (exact) mass is 413 g/mol. The molecular formula is C17H18Br2FN. The zero-order valence-electron chi connectivity index (χ0n) is 12.3. The van der Waals surface area contributed by atoms with Gasteiger partial charge in [-0.3, -0.25) is 0 Å². The van der Waals surface area contributed by atoms with Crippen LogP contribution < -0.4 is 5.32 Å². The highest BCUT2D eigenvalue weighted by atomic mass is 79.9. The van der Waals surface area contributed by atoms with Crippen LogP contribution in [0.5, 0.6) is 0 Å². The van der Waals surface area contributed by atoms with E-state index in [4.69, 9.17) is 0 Å². The minimum absolute atomic E-state index is 0.109. The molecule has 0 heterocycles. The van der Waals surface area contributed by atoms with Crippen LogP contribution in [0.1, 0.15) is 35.2 Å². The average molecular weight is 415 g/mol. The molecule has 1 atom stereocenters. The Labute approximate surface area is 142 Å². The van der Waals surface area contributed by atoms with Gasteiger partial charge in [0.1, 0.15) is 5.82 Å². The van der Waals surface area contributed by atoms with Crippen molar-refractivity contribution in [2.24, 2.45) is 0 Å². The van der Waals surface area contributed by atoms with Gasteiger partial charge in [-0.15, -0.1) is 0 Å². The molecule has 0 radical (unpaired) electrons. The highest BCUT2D eigenvalue weighted by Crippen LogP contribution is 2.27. The fourth-order valence-electron chi connectivity index (χ4n) is 2.37. The van der Waals surface area contributed by atoms with E-state index < -0.39 is 0 Å². The molecule has 112 valence electrons. The second-order valence-corrected chi connectivity index (χ2v) is 7.08. The van der Waals surface area contributed by atoms with Gasteiger partial charge in [0.2, 0.25) is 0 Å². The van der Waals surface area contributed by atoms with E-state index in [0.29, 0.717) is 17.7 Å². The van der Waals surface area contributed by atoms with Crippen molar-refractivity contribution < 1.29 is 4.39 Å². The second kappa shape index (κ2) is 7.03. The molecule has 0 spiro atoms. The minimum atomic E-state index is -0.109. The Morgan fingerprint density at radius 3 is 2.29 bits per heavy atom. The van der Waals surface area contributed by atoms with Gasteiger partial charge in [-0.05, 0) is 55.2 Å². The number of rotatable bonds is 4. The summed E-state index contributed by atoms with van der Waals surface area (Å²) in [5.41, 5.74) is 3.70. The van der Waals surface area contributed by atoms with Crippen molar-refractivity contribution >= 4 is 31.9 Å². The van der Waals surface area contributed by atoms with Crippen LogP contribution in [0.4, 0.5) is 4.39 Å². The molecule has 0 bridgehead atoms. The summed E-state index contributed by atoms with van der Waals surface area (Å²) in [7, 11) is 0. The molecule has 0 aromatic heterocycles. The van der Waals surface area contributed by atoms with Crippen LogP contribution in [0.15, 0.2) is 39.3 Å². The van der Waals surface area contributed by atoms with Crippen molar-refractivity contribution in [3.8, 4) is 0 Å². The molecule has 1 N–H and O–H groups in total. The second-order valence-electron chi connectivity index (χ2n) is 5.31. The van der Waals surface area contributed by atoms with Gasteiger partial charge in [0, 0.05) is 21.5 Å². The lowest BCUT2D eigenvalue weighted by Crippen LogP contribution is -2.18. The van der Waals surface area contributed by atoms with E-state index in [2.05, 4.69) is 50.2 Å². The molecule has 2 rings (SSSR count). The standard InChI is InChI=1S/C17H18Br2FN/c1-10-6-13(7-11(2)17(10)20)9-21-12(3)15-5-4-14(18)8-16(15)19/h4-8,12,21H,9H2,1-3H3. The summed E-state index contributed by atoms with van der Waals surface area (Å²) < 4.78 is 15.8. The Morgan fingerprint density at radius 2 is 1.71 bits per heavy atom. The maximum atomic E-state index is 13.6. The molecule has 0 aliphatic heterocycles. The van der Waals surface area contributed by atoms with Crippen LogP contribution in [0.2, 0.25) is 0 Å². The maximum Gasteiger partial charge on any atom is 0.129 e. The summed E-state index contributed by atoms with van der Waals surface area (Å²) in [5, 5.41) is 3.48. The largest absolute Gasteiger partial charge is 0.306 e. The summed E-state index contributed by atoms with van der Waals surface area (Å²) >= 11 is 7.04. The average Bonchev–Trinajstić information content (AvgIpc) is 2.42. The zero-order chi connectivity index (χ0) is 15.6. The lowest BCUT2D eigenvalue weighted by atomic mass is 10.0. The molecule has 1 nitrogen and oxygen atoms in total. The quantitative estimate of drug-likeness (QED) is 0.664. The van der Waals surface area contributed by atoms with Crippen molar-refractivity contribution in [2.45, 2.75) is 33.4 Å². The van der Waals surface area contributed by atoms with E-state index in [9.17, 15) is 4.39 Å². The van der Waals surface area contributed by atoms with E-state index in [0.717, 1.165) is 14.5 Å². The Balaban J connectivity index is 2.09. The number of nitrogens with one attached hydrogen (secondary N) is 1. The Bertz CT molecular complexity index is 632. The summed E-state index contributed by atoms with van der Waals surface area (Å²) in [5.74, 6) is -0.109. The summed E-state index contributed by atoms with van der Waals surface area (Å²) in [6.07, 6.45) is 0. The zero-order valence-corrected chi connectivity index (χ0v) is 15.5. The smallest absolute Gasteiger partial charge is 0.129 e. The molecular weight excluding hydrogens is 397 g/mol. The fraction of sp³-hybridized carbons (Fsp3) is 0.294. The van der Waals surface area contributed by atoms with Gasteiger partial charge >= 0.3 is 0 Å². The van der Waals surface area contributed by atoms with Gasteiger partial charge in [0.25, 0.3) is 0 Å². The van der Waals surface area contributed by atoms with E-state index in [1.165, 1.54) is 5.56 Å². The van der Waals surface area contributed by atoms with E-state index >= 15 is 0 Å². The predicted molar refractivity (Wildman–Crippen MR) is 93.0 cm³/mol. The molecule has 0 saturated carbocycles. The maximum absolute atomic E-state index is 13.6. The first kappa shape index (κ1) is 16.7. The van der Waals surface area contributed by atoms with Crippen LogP contribution in [-0.2, 0) is 6.54 Å². The van der Waals surface area contributed by atoms with Gasteiger partial charge in [0.15, 0.2) is 0 Å². The predicted octanol–water partition coefficient (Wildman–Crippen LogP) is 5.82. The number of hydrogen-bond donors (Lipinski definition) is 1. The highest BCUT2D eigenvalue weighted by molar-refractivity contribution is 9.11. The van der Waals surface area contributed by atoms with Gasteiger partial charge in [-0.2, -0.15) is 0 Å². The molecule has 0 amide bonds.